The van der Waals surface area contributed by atoms with Crippen molar-refractivity contribution in [2.24, 2.45) is 0 Å². The minimum Gasteiger partial charge on any atom is -0.454 e. The molecule has 32 heavy (non-hydrogen) atoms. The zero-order chi connectivity index (χ0) is 23.4. The number of benzene rings is 2. The van der Waals surface area contributed by atoms with Crippen LogP contribution in [0.4, 0.5) is 5.69 Å². The quantitative estimate of drug-likeness (QED) is 0.470. The van der Waals surface area contributed by atoms with Crippen molar-refractivity contribution in [1.82, 2.24) is 4.90 Å². The molecule has 2 aromatic carbocycles. The first-order chi connectivity index (χ1) is 15.2. The second kappa shape index (κ2) is 9.62. The fourth-order valence-electron chi connectivity index (χ4n) is 3.37. The van der Waals surface area contributed by atoms with Crippen LogP contribution in [0.3, 0.4) is 0 Å². The van der Waals surface area contributed by atoms with E-state index in [2.05, 4.69) is 0 Å². The summed E-state index contributed by atoms with van der Waals surface area (Å²) in [5.41, 5.74) is 1.72. The molecular weight excluding hydrogens is 434 g/mol. The number of halogens is 1. The number of carbonyl (C=O) groups excluding carboxylic acids is 4. The third-order valence-electron chi connectivity index (χ3n) is 5.01. The van der Waals surface area contributed by atoms with Gasteiger partial charge >= 0.3 is 5.97 Å². The van der Waals surface area contributed by atoms with Crippen LogP contribution in [0.25, 0.3) is 0 Å². The zero-order valence-electron chi connectivity index (χ0n) is 17.5. The normalized spacial score (nSPS) is 13.4. The molecule has 1 aliphatic rings. The Morgan fingerprint density at radius 3 is 2.56 bits per heavy atom. The topological polar surface area (TPSA) is 108 Å². The van der Waals surface area contributed by atoms with Gasteiger partial charge in [-0.25, -0.2) is 4.79 Å². The number of carbonyl (C=O) groups is 4. The van der Waals surface area contributed by atoms with Crippen molar-refractivity contribution >= 4 is 41.0 Å². The molecule has 8 nitrogen and oxygen atoms in total. The molecule has 1 aliphatic heterocycles. The average Bonchev–Trinajstić information content (AvgIpc) is 3.01. The maximum absolute atomic E-state index is 12.7. The Bertz CT molecular complexity index is 1140. The number of anilines is 1. The Labute approximate surface area is 189 Å². The number of nitriles is 1. The van der Waals surface area contributed by atoms with Crippen molar-refractivity contribution < 1.29 is 23.9 Å². The Balaban J connectivity index is 1.69. The average molecular weight is 454 g/mol. The van der Waals surface area contributed by atoms with E-state index in [0.29, 0.717) is 10.7 Å². The lowest BCUT2D eigenvalue weighted by molar-refractivity contribution is -0.151. The highest BCUT2D eigenvalue weighted by Gasteiger charge is 2.41. The molecule has 0 fully saturated rings. The Hall–Kier alpha value is -3.70. The summed E-state index contributed by atoms with van der Waals surface area (Å²) >= 11 is 5.99. The minimum atomic E-state index is -1.21. The lowest BCUT2D eigenvalue weighted by Crippen LogP contribution is -2.45. The Kier molecular flexibility index (Phi) is 6.91. The molecule has 0 aromatic heterocycles. The molecule has 9 heteroatoms. The SMILES string of the molecule is Cc1ccc2c(c1)C(=O)N(C(C)C(=O)OCC(=O)N(CCC#N)c1cccc(Cl)c1)C2=O. The van der Waals surface area contributed by atoms with Gasteiger partial charge in [0.25, 0.3) is 17.7 Å². The van der Waals surface area contributed by atoms with Gasteiger partial charge in [-0.3, -0.25) is 19.3 Å². The molecule has 0 saturated carbocycles. The Morgan fingerprint density at radius 2 is 1.88 bits per heavy atom. The first-order valence-electron chi connectivity index (χ1n) is 9.82. The van der Waals surface area contributed by atoms with Crippen LogP contribution in [0.1, 0.15) is 39.6 Å². The first-order valence-corrected chi connectivity index (χ1v) is 10.2. The maximum Gasteiger partial charge on any atom is 0.329 e. The highest BCUT2D eigenvalue weighted by atomic mass is 35.5. The van der Waals surface area contributed by atoms with Crippen molar-refractivity contribution in [3.8, 4) is 6.07 Å². The highest BCUT2D eigenvalue weighted by Crippen LogP contribution is 2.26. The van der Waals surface area contributed by atoms with Gasteiger partial charge in [0.05, 0.1) is 23.6 Å². The van der Waals surface area contributed by atoms with E-state index >= 15 is 0 Å². The van der Waals surface area contributed by atoms with Crippen LogP contribution < -0.4 is 4.90 Å². The van der Waals surface area contributed by atoms with Crippen LogP contribution in [-0.4, -0.2) is 47.8 Å². The Morgan fingerprint density at radius 1 is 1.16 bits per heavy atom. The van der Waals surface area contributed by atoms with Gasteiger partial charge in [-0.1, -0.05) is 29.3 Å². The van der Waals surface area contributed by atoms with Gasteiger partial charge in [-0.2, -0.15) is 5.26 Å². The predicted molar refractivity (Wildman–Crippen MR) is 116 cm³/mol. The standard InChI is InChI=1S/C23H20ClN3O5/c1-14-7-8-18-19(11-14)22(30)27(21(18)29)15(2)23(31)32-13-20(28)26(10-4-9-25)17-6-3-5-16(24)12-17/h3,5-8,11-12,15H,4,10,13H2,1-2H3. The van der Waals surface area contributed by atoms with E-state index in [-0.39, 0.29) is 24.1 Å². The van der Waals surface area contributed by atoms with Gasteiger partial charge in [-0.15, -0.1) is 0 Å². The smallest absolute Gasteiger partial charge is 0.329 e. The molecule has 3 amide bonds. The number of amides is 3. The number of esters is 1. The van der Waals surface area contributed by atoms with Crippen molar-refractivity contribution in [3.63, 3.8) is 0 Å². The number of aryl methyl sites for hydroxylation is 1. The molecule has 0 spiro atoms. The molecule has 0 aliphatic carbocycles. The van der Waals surface area contributed by atoms with Gasteiger partial charge < -0.3 is 9.64 Å². The van der Waals surface area contributed by atoms with E-state index in [1.54, 1.807) is 49.4 Å². The van der Waals surface area contributed by atoms with Crippen molar-refractivity contribution in [2.75, 3.05) is 18.1 Å². The summed E-state index contributed by atoms with van der Waals surface area (Å²) in [6.45, 7) is 2.62. The van der Waals surface area contributed by atoms with Crippen molar-refractivity contribution in [1.29, 1.82) is 5.26 Å². The molecule has 0 radical (unpaired) electrons. The lowest BCUT2D eigenvalue weighted by Gasteiger charge is -2.24. The third kappa shape index (κ3) is 4.63. The van der Waals surface area contributed by atoms with E-state index in [1.807, 2.05) is 6.07 Å². The molecule has 1 heterocycles. The van der Waals surface area contributed by atoms with Gasteiger partial charge in [0.1, 0.15) is 6.04 Å². The van der Waals surface area contributed by atoms with Crippen molar-refractivity contribution in [3.05, 3.63) is 64.2 Å². The van der Waals surface area contributed by atoms with Gasteiger partial charge in [0, 0.05) is 17.3 Å². The number of fused-ring (bicyclic) bond motifs is 1. The van der Waals surface area contributed by atoms with E-state index in [4.69, 9.17) is 21.6 Å². The second-order valence-electron chi connectivity index (χ2n) is 7.25. The molecule has 1 unspecified atom stereocenters. The molecule has 2 aromatic rings. The van der Waals surface area contributed by atoms with Crippen LogP contribution in [0.15, 0.2) is 42.5 Å². The molecule has 164 valence electrons. The van der Waals surface area contributed by atoms with Crippen LogP contribution in [-0.2, 0) is 14.3 Å². The van der Waals surface area contributed by atoms with Crippen LogP contribution >= 0.6 is 11.6 Å². The molecule has 0 N–H and O–H groups in total. The minimum absolute atomic E-state index is 0.0665. The summed E-state index contributed by atoms with van der Waals surface area (Å²) < 4.78 is 5.12. The van der Waals surface area contributed by atoms with E-state index < -0.39 is 36.3 Å². The predicted octanol–water partition coefficient (Wildman–Crippen LogP) is 3.12. The van der Waals surface area contributed by atoms with Gasteiger partial charge in [0.2, 0.25) is 0 Å². The van der Waals surface area contributed by atoms with E-state index in [9.17, 15) is 19.2 Å². The third-order valence-corrected chi connectivity index (χ3v) is 5.24. The summed E-state index contributed by atoms with van der Waals surface area (Å²) in [6.07, 6.45) is 0.0665. The summed E-state index contributed by atoms with van der Waals surface area (Å²) in [6, 6.07) is 12.1. The monoisotopic (exact) mass is 453 g/mol. The summed E-state index contributed by atoms with van der Waals surface area (Å²) in [4.78, 5) is 52.7. The molecule has 0 saturated heterocycles. The summed E-state index contributed by atoms with van der Waals surface area (Å²) in [7, 11) is 0. The fraction of sp³-hybridized carbons (Fsp3) is 0.261. The van der Waals surface area contributed by atoms with Crippen LogP contribution in [0.2, 0.25) is 5.02 Å². The van der Waals surface area contributed by atoms with Crippen molar-refractivity contribution in [2.45, 2.75) is 26.3 Å². The number of nitrogens with zero attached hydrogens (tertiary/aromatic N) is 3. The molecular formula is C23H20ClN3O5. The first kappa shape index (κ1) is 23.0. The number of rotatable bonds is 7. The summed E-state index contributed by atoms with van der Waals surface area (Å²) in [5, 5.41) is 9.29. The fourth-order valence-corrected chi connectivity index (χ4v) is 3.55. The second-order valence-corrected chi connectivity index (χ2v) is 7.68. The van der Waals surface area contributed by atoms with Crippen LogP contribution in [0.5, 0.6) is 0 Å². The number of hydrogen-bond donors (Lipinski definition) is 0. The largest absolute Gasteiger partial charge is 0.454 e. The van der Waals surface area contributed by atoms with Gasteiger partial charge in [0.15, 0.2) is 6.61 Å². The number of imide groups is 1. The molecule has 1 atom stereocenters. The lowest BCUT2D eigenvalue weighted by atomic mass is 10.1. The van der Waals surface area contributed by atoms with E-state index in [1.165, 1.54) is 11.8 Å². The number of hydrogen-bond acceptors (Lipinski definition) is 6. The van der Waals surface area contributed by atoms with Crippen LogP contribution in [0, 0.1) is 18.3 Å². The highest BCUT2D eigenvalue weighted by molar-refractivity contribution is 6.31. The molecule has 0 bridgehead atoms. The summed E-state index contributed by atoms with van der Waals surface area (Å²) in [5.74, 6) is -2.63. The molecule has 3 rings (SSSR count). The van der Waals surface area contributed by atoms with Gasteiger partial charge in [-0.05, 0) is 44.2 Å². The maximum atomic E-state index is 12.7. The van der Waals surface area contributed by atoms with E-state index in [0.717, 1.165) is 10.5 Å². The zero-order valence-corrected chi connectivity index (χ0v) is 18.3. The number of ether oxygens (including phenoxy) is 1.